The van der Waals surface area contributed by atoms with E-state index in [1.165, 1.54) is 0 Å². The van der Waals surface area contributed by atoms with Gasteiger partial charge in [-0.1, -0.05) is 44.2 Å². The molecule has 3 rings (SSSR count). The van der Waals surface area contributed by atoms with Crippen molar-refractivity contribution in [2.45, 2.75) is 39.0 Å². The molecule has 4 nitrogen and oxygen atoms in total. The first-order valence-electron chi connectivity index (χ1n) is 8.48. The first-order chi connectivity index (χ1) is 11.5. The lowest BCUT2D eigenvalue weighted by atomic mass is 9.71. The molecule has 0 saturated carbocycles. The van der Waals surface area contributed by atoms with Crippen LogP contribution in [0.5, 0.6) is 0 Å². The molecule has 24 heavy (non-hydrogen) atoms. The first kappa shape index (κ1) is 16.4. The Morgan fingerprint density at radius 1 is 1.29 bits per heavy atom. The summed E-state index contributed by atoms with van der Waals surface area (Å²) in [4.78, 5) is 12.9. The Morgan fingerprint density at radius 3 is 2.62 bits per heavy atom. The highest BCUT2D eigenvalue weighted by atomic mass is 16.5. The summed E-state index contributed by atoms with van der Waals surface area (Å²) in [6.45, 7) is 4.15. The molecule has 1 aliphatic heterocycles. The molecule has 1 aromatic carbocycles. The molecular weight excluding hydrogens is 300 g/mol. The van der Waals surface area contributed by atoms with Crippen LogP contribution in [-0.2, 0) is 9.53 Å². The maximum absolute atomic E-state index is 12.9. The van der Waals surface area contributed by atoms with Crippen LogP contribution in [-0.4, -0.2) is 11.7 Å². The SMILES string of the molecule is CC(C)C[C@@H]1C2=C(C[C@@H](c3ccccc3)CC2=O)OC(=N)C1C#N. The monoisotopic (exact) mass is 322 g/mol. The van der Waals surface area contributed by atoms with E-state index >= 15 is 0 Å². The number of carbonyl (C=O) groups excluding carboxylic acids is 1. The Labute approximate surface area is 142 Å². The zero-order chi connectivity index (χ0) is 17.3. The minimum absolute atomic E-state index is 0.0107. The van der Waals surface area contributed by atoms with Crippen molar-refractivity contribution in [2.24, 2.45) is 17.8 Å². The molecule has 4 heteroatoms. The molecule has 0 spiro atoms. The van der Waals surface area contributed by atoms with Gasteiger partial charge < -0.3 is 4.74 Å². The van der Waals surface area contributed by atoms with Gasteiger partial charge in [-0.05, 0) is 23.8 Å². The van der Waals surface area contributed by atoms with E-state index in [0.29, 0.717) is 30.1 Å². The molecule has 1 unspecified atom stereocenters. The number of hydrogen-bond donors (Lipinski definition) is 1. The highest BCUT2D eigenvalue weighted by Gasteiger charge is 2.43. The van der Waals surface area contributed by atoms with Gasteiger partial charge in [-0.15, -0.1) is 0 Å². The van der Waals surface area contributed by atoms with Crippen molar-refractivity contribution in [2.75, 3.05) is 0 Å². The highest BCUT2D eigenvalue weighted by molar-refractivity contribution is 6.00. The average Bonchev–Trinajstić information content (AvgIpc) is 2.54. The normalized spacial score (nSPS) is 26.8. The molecule has 124 valence electrons. The van der Waals surface area contributed by atoms with E-state index in [9.17, 15) is 10.1 Å². The molecule has 1 aromatic rings. The van der Waals surface area contributed by atoms with E-state index in [2.05, 4.69) is 19.9 Å². The van der Waals surface area contributed by atoms with E-state index in [1.807, 2.05) is 30.3 Å². The van der Waals surface area contributed by atoms with Gasteiger partial charge in [0.05, 0.1) is 6.07 Å². The van der Waals surface area contributed by atoms with Gasteiger partial charge in [-0.2, -0.15) is 5.26 Å². The number of nitriles is 1. The van der Waals surface area contributed by atoms with E-state index in [-0.39, 0.29) is 23.5 Å². The van der Waals surface area contributed by atoms with Crippen LogP contribution < -0.4 is 0 Å². The summed E-state index contributed by atoms with van der Waals surface area (Å²) in [5, 5.41) is 17.5. The maximum Gasteiger partial charge on any atom is 0.204 e. The summed E-state index contributed by atoms with van der Waals surface area (Å²) >= 11 is 0. The molecule has 0 bridgehead atoms. The number of benzene rings is 1. The maximum atomic E-state index is 12.9. The van der Waals surface area contributed by atoms with E-state index in [0.717, 1.165) is 12.0 Å². The largest absolute Gasteiger partial charge is 0.446 e. The number of nitrogens with one attached hydrogen (secondary N) is 1. The lowest BCUT2D eigenvalue weighted by Gasteiger charge is -2.37. The lowest BCUT2D eigenvalue weighted by Crippen LogP contribution is -2.37. The fourth-order valence-corrected chi connectivity index (χ4v) is 3.82. The van der Waals surface area contributed by atoms with Gasteiger partial charge in [0.2, 0.25) is 5.90 Å². The van der Waals surface area contributed by atoms with Crippen LogP contribution in [0.3, 0.4) is 0 Å². The van der Waals surface area contributed by atoms with Gasteiger partial charge in [-0.25, -0.2) is 0 Å². The molecule has 0 fully saturated rings. The summed E-state index contributed by atoms with van der Waals surface area (Å²) in [5.74, 6) is 0.252. The number of carbonyl (C=O) groups is 1. The average molecular weight is 322 g/mol. The fraction of sp³-hybridized carbons (Fsp3) is 0.450. The number of rotatable bonds is 3. The Balaban J connectivity index is 1.97. The molecule has 0 amide bonds. The van der Waals surface area contributed by atoms with Crippen molar-refractivity contribution < 1.29 is 9.53 Å². The minimum atomic E-state index is -0.650. The number of ether oxygens (including phenoxy) is 1. The minimum Gasteiger partial charge on any atom is -0.446 e. The van der Waals surface area contributed by atoms with Crippen molar-refractivity contribution in [1.82, 2.24) is 0 Å². The molecule has 0 aromatic heterocycles. The number of nitrogens with zero attached hydrogens (tertiary/aromatic N) is 1. The van der Waals surface area contributed by atoms with Gasteiger partial charge >= 0.3 is 0 Å². The van der Waals surface area contributed by atoms with E-state index in [1.54, 1.807) is 0 Å². The van der Waals surface area contributed by atoms with Crippen LogP contribution in [0.15, 0.2) is 41.7 Å². The van der Waals surface area contributed by atoms with Crippen LogP contribution in [0, 0.1) is 34.5 Å². The Bertz CT molecular complexity index is 728. The second-order valence-corrected chi connectivity index (χ2v) is 7.09. The summed E-state index contributed by atoms with van der Waals surface area (Å²) < 4.78 is 5.65. The molecule has 0 saturated heterocycles. The number of allylic oxidation sites excluding steroid dienone is 2. The van der Waals surface area contributed by atoms with E-state index in [4.69, 9.17) is 10.1 Å². The standard InChI is InChI=1S/C20H22N2O2/c1-12(2)8-15-16(11-21)20(22)24-18-10-14(9-17(23)19(15)18)13-6-4-3-5-7-13/h3-7,12,14-16,22H,8-10H2,1-2H3/t14-,15-,16?/m0/s1. The molecule has 1 N–H and O–H groups in total. The van der Waals surface area contributed by atoms with Gasteiger partial charge in [0, 0.05) is 24.3 Å². The first-order valence-corrected chi connectivity index (χ1v) is 8.48. The van der Waals surface area contributed by atoms with Gasteiger partial charge in [-0.3, -0.25) is 10.2 Å². The number of ketones is 1. The summed E-state index contributed by atoms with van der Waals surface area (Å²) in [7, 11) is 0. The second-order valence-electron chi connectivity index (χ2n) is 7.09. The third kappa shape index (κ3) is 2.99. The molecular formula is C20H22N2O2. The molecule has 3 atom stereocenters. The van der Waals surface area contributed by atoms with Crippen LogP contribution in [0.2, 0.25) is 0 Å². The molecule has 2 aliphatic rings. The van der Waals surface area contributed by atoms with Crippen molar-refractivity contribution in [3.63, 3.8) is 0 Å². The Kier molecular flexibility index (Phi) is 4.53. The van der Waals surface area contributed by atoms with E-state index < -0.39 is 5.92 Å². The van der Waals surface area contributed by atoms with Gasteiger partial charge in [0.25, 0.3) is 0 Å². The highest BCUT2D eigenvalue weighted by Crippen LogP contribution is 2.44. The zero-order valence-corrected chi connectivity index (χ0v) is 14.1. The van der Waals surface area contributed by atoms with Crippen LogP contribution in [0.1, 0.15) is 44.6 Å². The smallest absolute Gasteiger partial charge is 0.204 e. The third-order valence-corrected chi connectivity index (χ3v) is 4.89. The number of Topliss-reactive ketones (excluding diaryl/α,β-unsaturated/α-hetero) is 1. The Hall–Kier alpha value is -2.41. The van der Waals surface area contributed by atoms with Crippen LogP contribution >= 0.6 is 0 Å². The van der Waals surface area contributed by atoms with Gasteiger partial charge in [0.1, 0.15) is 11.7 Å². The number of hydrogen-bond acceptors (Lipinski definition) is 4. The van der Waals surface area contributed by atoms with Crippen molar-refractivity contribution >= 4 is 11.7 Å². The van der Waals surface area contributed by atoms with Crippen LogP contribution in [0.25, 0.3) is 0 Å². The quantitative estimate of drug-likeness (QED) is 0.906. The molecule has 1 aliphatic carbocycles. The predicted octanol–water partition coefficient (Wildman–Crippen LogP) is 4.20. The fourth-order valence-electron chi connectivity index (χ4n) is 3.82. The lowest BCUT2D eigenvalue weighted by molar-refractivity contribution is -0.117. The van der Waals surface area contributed by atoms with Crippen molar-refractivity contribution in [1.29, 1.82) is 10.7 Å². The second kappa shape index (κ2) is 6.60. The predicted molar refractivity (Wildman–Crippen MR) is 91.3 cm³/mol. The van der Waals surface area contributed by atoms with Crippen LogP contribution in [0.4, 0.5) is 0 Å². The summed E-state index contributed by atoms with van der Waals surface area (Å²) in [5.41, 5.74) is 1.79. The summed E-state index contributed by atoms with van der Waals surface area (Å²) in [6.07, 6.45) is 1.80. The third-order valence-electron chi connectivity index (χ3n) is 4.89. The van der Waals surface area contributed by atoms with Gasteiger partial charge in [0.15, 0.2) is 5.78 Å². The Morgan fingerprint density at radius 2 is 2.00 bits per heavy atom. The topological polar surface area (TPSA) is 73.9 Å². The summed E-state index contributed by atoms with van der Waals surface area (Å²) in [6, 6.07) is 12.1. The molecule has 0 radical (unpaired) electrons. The molecule has 1 heterocycles. The van der Waals surface area contributed by atoms with Crippen molar-refractivity contribution in [3.8, 4) is 6.07 Å². The van der Waals surface area contributed by atoms with Crippen molar-refractivity contribution in [3.05, 3.63) is 47.2 Å². The zero-order valence-electron chi connectivity index (χ0n) is 14.1.